The molecule has 3 N–H and O–H groups in total. The molecular weight excluding hydrogens is 1430 g/mol. The molecule has 2 bridgehead atoms. The van der Waals surface area contributed by atoms with Gasteiger partial charge < -0.3 is 74.3 Å². The first-order valence-electron chi connectivity index (χ1n) is 37.4. The molecule has 1 spiro atoms. The van der Waals surface area contributed by atoms with Crippen molar-refractivity contribution in [3.63, 3.8) is 0 Å². The Morgan fingerprint density at radius 1 is 0.688 bits per heavy atom. The smallest absolute Gasteiger partial charge is 0.419 e. The van der Waals surface area contributed by atoms with Crippen molar-refractivity contribution in [2.45, 2.75) is 203 Å². The van der Waals surface area contributed by atoms with Crippen LogP contribution in [0.2, 0.25) is 0 Å². The fraction of sp³-hybridized carbons (Fsp3) is 0.658. The number of ether oxygens (including phenoxy) is 3. The summed E-state index contributed by atoms with van der Waals surface area (Å²) in [5, 5.41) is 8.46. The van der Waals surface area contributed by atoms with Crippen LogP contribution in [0.3, 0.4) is 0 Å². The largest absolute Gasteiger partial charge is 0.496 e. The molecule has 12 amide bonds. The van der Waals surface area contributed by atoms with Gasteiger partial charge in [-0.2, -0.15) is 26.3 Å². The molecule has 7 rings (SSSR count). The van der Waals surface area contributed by atoms with Gasteiger partial charge in [0, 0.05) is 95.5 Å². The van der Waals surface area contributed by atoms with E-state index in [9.17, 15) is 55.1 Å². The maximum atomic E-state index is 15.6. The number of hydrogen-bond acceptors (Lipinski definition) is 15. The van der Waals surface area contributed by atoms with Crippen molar-refractivity contribution in [3.8, 4) is 5.75 Å². The van der Waals surface area contributed by atoms with Gasteiger partial charge in [0.25, 0.3) is 0 Å². The number of fused-ring (bicyclic) bond motifs is 3. The summed E-state index contributed by atoms with van der Waals surface area (Å²) >= 11 is 0. The number of hydrogen-bond donors (Lipinski definition) is 3. The Kier molecular flexibility index (Phi) is 30.6. The quantitative estimate of drug-likeness (QED) is 0.150. The highest BCUT2D eigenvalue weighted by Crippen LogP contribution is 2.40. The topological polar surface area (TPSA) is 298 Å². The lowest BCUT2D eigenvalue weighted by Crippen LogP contribution is -2.68. The lowest BCUT2D eigenvalue weighted by Gasteiger charge is -2.46. The second-order valence-corrected chi connectivity index (χ2v) is 29.4. The van der Waals surface area contributed by atoms with Gasteiger partial charge in [-0.25, -0.2) is 0 Å². The average Bonchev–Trinajstić information content (AvgIpc) is 1.75. The zero-order chi connectivity index (χ0) is 80.7. The molecule has 3 heterocycles. The molecule has 0 radical (unpaired) electrons. The number of nitrogens with zero attached hydrogens (tertiary/aromatic N) is 9. The molecule has 4 fully saturated rings. The standard InChI is InChI=1S/C76H108F6N12O15/c1-14-46(4)63-71(104)88(7)45-62(97)90(9)55-25-18-17-21-36-93(70(55)103)58(39-47-26-30-50(31-27-47)75(77,78)79)69(102)87(6)44-60(95)83-53(33-29-48-28-32-52(76(80,81)82)59(40-48)108-13)67(100)94-43-51(109-16-3)41-56(94)66(99)85-74(34-22-35-74)73(106)92(11)64(49-23-19-20-24-49)72(105)91(10)57(68(101)86(5)37-38-107-12)42-61(96)89(8)54(15-2)65(98)84-63/h17-18,26-28,30-32,40,46,49,51,53-58,63-64H,14-16,19-25,29,33-39,41-45H2,1-13H3,(H,83,95)(H,84,98)(H,85,99)/b18-17-/t46-,51+,53-,54-,55+,56-,57-,58-,63-,64-/m0/s1. The van der Waals surface area contributed by atoms with Crippen molar-refractivity contribution >= 4 is 70.9 Å². The monoisotopic (exact) mass is 1540 g/mol. The zero-order valence-corrected chi connectivity index (χ0v) is 64.7. The highest BCUT2D eigenvalue weighted by atomic mass is 19.4. The summed E-state index contributed by atoms with van der Waals surface area (Å²) in [6, 6.07) is -4.49. The number of nitrogens with one attached hydrogen (secondary N) is 3. The minimum atomic E-state index is -4.83. The van der Waals surface area contributed by atoms with Crippen molar-refractivity contribution in [2.24, 2.45) is 11.8 Å². The van der Waals surface area contributed by atoms with Crippen molar-refractivity contribution < 1.29 is 98.1 Å². The highest BCUT2D eigenvalue weighted by molar-refractivity contribution is 6.01. The SMILES string of the molecule is CCO[C@@H]1C[C@H]2C(=O)NC3(CCC3)C(=O)N(C)[C@@H](C3CCCC3)C(=O)N(C)[C@H](C(=O)N(C)CCOC)CC(=O)N(C)[C@@H](CC)C(=O)N[C@@H]([C@@H](C)CC)C(=O)N(C)CC(=O)N(C)[C@@H]3C/C=C\CCN(C3=O)[C@@H](Cc3ccc(C(F)(F)F)cc3)C(=O)N(C)CC(=O)N[C@@H](CCc3ccc(C(F)(F)F)c(OC)c3)C(=O)N2C1. The van der Waals surface area contributed by atoms with E-state index in [4.69, 9.17) is 14.2 Å². The van der Waals surface area contributed by atoms with E-state index in [-0.39, 0.29) is 95.3 Å². The van der Waals surface area contributed by atoms with Crippen LogP contribution in [0.15, 0.2) is 54.6 Å². The van der Waals surface area contributed by atoms with Crippen molar-refractivity contribution in [1.82, 2.24) is 60.0 Å². The molecule has 0 aromatic heterocycles. The van der Waals surface area contributed by atoms with Crippen LogP contribution >= 0.6 is 0 Å². The van der Waals surface area contributed by atoms with Crippen LogP contribution in [-0.2, 0) is 92.2 Å². The Morgan fingerprint density at radius 2 is 1.34 bits per heavy atom. The normalized spacial score (nSPS) is 25.9. The van der Waals surface area contributed by atoms with Crippen LogP contribution in [-0.4, -0.2) is 284 Å². The summed E-state index contributed by atoms with van der Waals surface area (Å²) in [6.45, 7) is 5.01. The second-order valence-electron chi connectivity index (χ2n) is 29.4. The molecular formula is C76H108F6N12O15. The molecule has 604 valence electrons. The van der Waals surface area contributed by atoms with Gasteiger partial charge in [-0.05, 0) is 118 Å². The van der Waals surface area contributed by atoms with Gasteiger partial charge in [-0.15, -0.1) is 0 Å². The van der Waals surface area contributed by atoms with E-state index in [1.54, 1.807) is 39.8 Å². The predicted octanol–water partition coefficient (Wildman–Crippen LogP) is 4.85. The average molecular weight is 1540 g/mol. The van der Waals surface area contributed by atoms with Gasteiger partial charge in [-0.1, -0.05) is 70.4 Å². The number of carbonyl (C=O) groups excluding carboxylic acids is 12. The van der Waals surface area contributed by atoms with E-state index in [1.807, 2.05) is 0 Å². The van der Waals surface area contributed by atoms with Crippen molar-refractivity contribution in [2.75, 3.05) is 109 Å². The van der Waals surface area contributed by atoms with E-state index in [0.29, 0.717) is 38.5 Å². The number of alkyl halides is 6. The number of amides is 12. The lowest BCUT2D eigenvalue weighted by molar-refractivity contribution is -0.158. The first-order valence-corrected chi connectivity index (χ1v) is 37.4. The predicted molar refractivity (Wildman–Crippen MR) is 387 cm³/mol. The third-order valence-electron chi connectivity index (χ3n) is 22.2. The molecule has 33 heteroatoms. The fourth-order valence-electron chi connectivity index (χ4n) is 15.2. The molecule has 5 aliphatic rings. The maximum absolute atomic E-state index is 15.6. The van der Waals surface area contributed by atoms with Crippen LogP contribution in [0.5, 0.6) is 5.75 Å². The van der Waals surface area contributed by atoms with Gasteiger partial charge >= 0.3 is 12.4 Å². The maximum Gasteiger partial charge on any atom is 0.419 e. The number of benzene rings is 2. The molecule has 109 heavy (non-hydrogen) atoms. The molecule has 27 nitrogen and oxygen atoms in total. The van der Waals surface area contributed by atoms with Gasteiger partial charge in [0.15, 0.2) is 0 Å². The second kappa shape index (κ2) is 38.2. The Morgan fingerprint density at radius 3 is 1.93 bits per heavy atom. The third-order valence-corrected chi connectivity index (χ3v) is 22.2. The number of methoxy groups -OCH3 is 2. The highest BCUT2D eigenvalue weighted by Gasteiger charge is 2.54. The van der Waals surface area contributed by atoms with Gasteiger partial charge in [0.05, 0.1) is 50.5 Å². The Bertz CT molecular complexity index is 3630. The summed E-state index contributed by atoms with van der Waals surface area (Å²) in [6.07, 6.45) is -5.63. The van der Waals surface area contributed by atoms with Crippen LogP contribution in [0.1, 0.15) is 140 Å². The summed E-state index contributed by atoms with van der Waals surface area (Å²) in [7, 11) is 11.9. The summed E-state index contributed by atoms with van der Waals surface area (Å²) in [4.78, 5) is 192. The Labute approximate surface area is 633 Å². The van der Waals surface area contributed by atoms with Gasteiger partial charge in [0.1, 0.15) is 59.6 Å². The molecule has 2 saturated heterocycles. The van der Waals surface area contributed by atoms with Gasteiger partial charge in [0.2, 0.25) is 70.9 Å². The number of halogens is 6. The summed E-state index contributed by atoms with van der Waals surface area (Å²) < 4.78 is 101. The molecule has 2 aromatic carbocycles. The zero-order valence-electron chi connectivity index (χ0n) is 64.7. The van der Waals surface area contributed by atoms with Crippen LogP contribution < -0.4 is 20.7 Å². The first kappa shape index (κ1) is 87.3. The third kappa shape index (κ3) is 21.2. The molecule has 2 aliphatic carbocycles. The summed E-state index contributed by atoms with van der Waals surface area (Å²) in [5.41, 5.74) is -3.41. The van der Waals surface area contributed by atoms with E-state index in [1.165, 1.54) is 77.2 Å². The van der Waals surface area contributed by atoms with Crippen LogP contribution in [0.4, 0.5) is 26.3 Å². The summed E-state index contributed by atoms with van der Waals surface area (Å²) in [5.74, 6) is -11.1. The Hall–Kier alpha value is -8.88. The molecule has 2 aromatic rings. The molecule has 0 unspecified atom stereocenters. The number of likely N-dealkylation sites (N-methyl/N-ethyl adjacent to an activating group) is 7. The number of aryl methyl sites for hydroxylation is 1. The fourth-order valence-corrected chi connectivity index (χ4v) is 15.2. The first-order chi connectivity index (χ1) is 51.4. The molecule has 10 atom stereocenters. The minimum Gasteiger partial charge on any atom is -0.496 e. The number of rotatable bonds is 16. The Balaban J connectivity index is 1.35. The van der Waals surface area contributed by atoms with E-state index in [2.05, 4.69) is 16.0 Å². The van der Waals surface area contributed by atoms with Gasteiger partial charge in [-0.3, -0.25) is 57.5 Å². The van der Waals surface area contributed by atoms with E-state index in [0.717, 1.165) is 72.9 Å². The molecule has 3 aliphatic heterocycles. The number of carbonyl (C=O) groups is 12. The van der Waals surface area contributed by atoms with Crippen LogP contribution in [0, 0.1) is 11.8 Å². The van der Waals surface area contributed by atoms with Crippen molar-refractivity contribution in [3.05, 3.63) is 76.9 Å². The lowest BCUT2D eigenvalue weighted by atomic mass is 9.74. The van der Waals surface area contributed by atoms with E-state index < -0.39 is 198 Å². The van der Waals surface area contributed by atoms with Crippen LogP contribution in [0.25, 0.3) is 0 Å². The molecule has 2 saturated carbocycles. The minimum absolute atomic E-state index is 0.0122. The van der Waals surface area contributed by atoms with E-state index >= 15 is 28.8 Å². The van der Waals surface area contributed by atoms with Crippen molar-refractivity contribution in [1.29, 1.82) is 0 Å².